The maximum atomic E-state index is 12.3. The number of nitrogen functional groups attached to an aromatic ring is 1. The summed E-state index contributed by atoms with van der Waals surface area (Å²) < 4.78 is 6.60. The van der Waals surface area contributed by atoms with Crippen LogP contribution in [0.3, 0.4) is 0 Å². The molecule has 3 rings (SSSR count). The Labute approximate surface area is 200 Å². The predicted octanol–water partition coefficient (Wildman–Crippen LogP) is 3.91. The van der Waals surface area contributed by atoms with Crippen molar-refractivity contribution in [3.8, 4) is 5.75 Å². The van der Waals surface area contributed by atoms with Crippen LogP contribution in [0.2, 0.25) is 0 Å². The van der Waals surface area contributed by atoms with Gasteiger partial charge in [0.15, 0.2) is 0 Å². The highest BCUT2D eigenvalue weighted by Gasteiger charge is 2.15. The largest absolute Gasteiger partial charge is 0.488 e. The maximum absolute atomic E-state index is 12.3. The summed E-state index contributed by atoms with van der Waals surface area (Å²) in [5.74, 6) is -0.198. The first-order valence-electron chi connectivity index (χ1n) is 10.2. The zero-order valence-electron chi connectivity index (χ0n) is 18.0. The van der Waals surface area contributed by atoms with Crippen molar-refractivity contribution < 1.29 is 14.3 Å². The molecule has 0 aliphatic rings. The van der Waals surface area contributed by atoms with E-state index in [4.69, 9.17) is 15.9 Å². The van der Waals surface area contributed by atoms with Gasteiger partial charge in [0.1, 0.15) is 24.6 Å². The lowest BCUT2D eigenvalue weighted by atomic mass is 10.1. The minimum atomic E-state index is -0.434. The molecule has 9 heteroatoms. The average Bonchev–Trinajstić information content (AvgIpc) is 2.79. The minimum Gasteiger partial charge on any atom is -0.488 e. The number of pyridine rings is 1. The number of anilines is 1. The van der Waals surface area contributed by atoms with E-state index in [1.54, 1.807) is 36.7 Å². The number of rotatable bonds is 9. The number of amidine groups is 1. The highest BCUT2D eigenvalue weighted by Crippen LogP contribution is 2.29. The Morgan fingerprint density at radius 2 is 1.79 bits per heavy atom. The summed E-state index contributed by atoms with van der Waals surface area (Å²) in [5.41, 5.74) is 8.37. The van der Waals surface area contributed by atoms with Gasteiger partial charge in [0.25, 0.3) is 0 Å². The van der Waals surface area contributed by atoms with Crippen LogP contribution in [0.25, 0.3) is 0 Å². The number of amides is 2. The van der Waals surface area contributed by atoms with Crippen molar-refractivity contribution in [1.82, 2.24) is 10.3 Å². The van der Waals surface area contributed by atoms with Crippen molar-refractivity contribution in [1.29, 1.82) is 5.41 Å². The number of ether oxygens (including phenoxy) is 1. The smallest absolute Gasteiger partial charge is 0.233 e. The van der Waals surface area contributed by atoms with Crippen molar-refractivity contribution in [3.05, 3.63) is 88.2 Å². The summed E-state index contributed by atoms with van der Waals surface area (Å²) in [7, 11) is 0. The molecule has 33 heavy (non-hydrogen) atoms. The van der Waals surface area contributed by atoms with Crippen molar-refractivity contribution in [2.75, 3.05) is 5.32 Å². The van der Waals surface area contributed by atoms with Gasteiger partial charge in [-0.2, -0.15) is 0 Å². The molecule has 5 N–H and O–H groups in total. The minimum absolute atomic E-state index is 0.0544. The van der Waals surface area contributed by atoms with Crippen LogP contribution >= 0.6 is 15.9 Å². The molecule has 0 aliphatic heterocycles. The number of halogens is 1. The Balaban J connectivity index is 1.50. The zero-order valence-corrected chi connectivity index (χ0v) is 19.6. The normalized spacial score (nSPS) is 11.3. The van der Waals surface area contributed by atoms with Gasteiger partial charge >= 0.3 is 0 Å². The van der Waals surface area contributed by atoms with E-state index in [-0.39, 0.29) is 18.3 Å². The van der Waals surface area contributed by atoms with Crippen LogP contribution in [0, 0.1) is 5.41 Å². The number of nitrogens with two attached hydrogens (primary N) is 1. The predicted molar refractivity (Wildman–Crippen MR) is 130 cm³/mol. The Kier molecular flexibility index (Phi) is 8.15. The molecule has 0 aliphatic carbocycles. The third-order valence-electron chi connectivity index (χ3n) is 4.78. The van der Waals surface area contributed by atoms with Gasteiger partial charge in [0.05, 0.1) is 10.5 Å². The highest BCUT2D eigenvalue weighted by atomic mass is 79.9. The lowest BCUT2D eigenvalue weighted by Crippen LogP contribution is -2.30. The first-order valence-corrected chi connectivity index (χ1v) is 11.0. The van der Waals surface area contributed by atoms with Gasteiger partial charge in [-0.15, -0.1) is 0 Å². The number of nitrogens with zero attached hydrogens (tertiary/aromatic N) is 1. The molecule has 2 aromatic carbocycles. The fourth-order valence-electron chi connectivity index (χ4n) is 3.00. The monoisotopic (exact) mass is 509 g/mol. The van der Waals surface area contributed by atoms with E-state index in [0.717, 1.165) is 15.6 Å². The molecule has 0 unspecified atom stereocenters. The molecule has 0 bridgehead atoms. The quantitative estimate of drug-likeness (QED) is 0.197. The van der Waals surface area contributed by atoms with E-state index in [1.807, 2.05) is 37.3 Å². The third-order valence-corrected chi connectivity index (χ3v) is 5.40. The Morgan fingerprint density at radius 1 is 1.09 bits per heavy atom. The molecule has 2 amide bonds. The Bertz CT molecular complexity index is 1140. The topological polar surface area (TPSA) is 130 Å². The van der Waals surface area contributed by atoms with Crippen molar-refractivity contribution >= 4 is 39.3 Å². The highest BCUT2D eigenvalue weighted by molar-refractivity contribution is 9.10. The fraction of sp³-hybridized carbons (Fsp3) is 0.167. The van der Waals surface area contributed by atoms with Crippen LogP contribution in [0.5, 0.6) is 5.75 Å². The van der Waals surface area contributed by atoms with Gasteiger partial charge < -0.3 is 21.1 Å². The molecule has 0 saturated heterocycles. The SMILES string of the molecule is C[C@@H](NC(=O)CC(=O)Nc1ccc(C(=N)N)cc1)c1ccc(OCc2ccncc2)c(Br)c1. The number of hydrogen-bond donors (Lipinski definition) is 4. The lowest BCUT2D eigenvalue weighted by molar-refractivity contribution is -0.127. The number of nitrogens with one attached hydrogen (secondary N) is 3. The van der Waals surface area contributed by atoms with Crippen LogP contribution in [-0.4, -0.2) is 22.6 Å². The Hall–Kier alpha value is -3.72. The van der Waals surface area contributed by atoms with E-state index in [0.29, 0.717) is 23.6 Å². The molecule has 0 radical (unpaired) electrons. The molecular weight excluding hydrogens is 486 g/mol. The summed E-state index contributed by atoms with van der Waals surface area (Å²) in [4.78, 5) is 28.5. The van der Waals surface area contributed by atoms with Gasteiger partial charge in [0, 0.05) is 23.6 Å². The van der Waals surface area contributed by atoms with Crippen LogP contribution in [0.4, 0.5) is 5.69 Å². The van der Waals surface area contributed by atoms with E-state index >= 15 is 0 Å². The lowest BCUT2D eigenvalue weighted by Gasteiger charge is -2.16. The molecule has 170 valence electrons. The second kappa shape index (κ2) is 11.2. The third kappa shape index (κ3) is 7.15. The molecule has 0 saturated carbocycles. The van der Waals surface area contributed by atoms with Crippen LogP contribution < -0.4 is 21.1 Å². The number of hydrogen-bond acceptors (Lipinski definition) is 5. The summed E-state index contributed by atoms with van der Waals surface area (Å²) in [6.45, 7) is 2.26. The van der Waals surface area contributed by atoms with Gasteiger partial charge in [-0.3, -0.25) is 20.0 Å². The Morgan fingerprint density at radius 3 is 2.42 bits per heavy atom. The molecular formula is C24H24BrN5O3. The van der Waals surface area contributed by atoms with E-state index in [1.165, 1.54) is 0 Å². The summed E-state index contributed by atoms with van der Waals surface area (Å²) in [5, 5.41) is 12.9. The first-order chi connectivity index (χ1) is 15.8. The second-order valence-electron chi connectivity index (χ2n) is 7.34. The van der Waals surface area contributed by atoms with E-state index in [9.17, 15) is 9.59 Å². The van der Waals surface area contributed by atoms with Crippen molar-refractivity contribution in [2.24, 2.45) is 5.73 Å². The molecule has 0 fully saturated rings. The number of aromatic nitrogens is 1. The van der Waals surface area contributed by atoms with Crippen molar-refractivity contribution in [3.63, 3.8) is 0 Å². The van der Waals surface area contributed by atoms with Crippen LogP contribution in [-0.2, 0) is 16.2 Å². The number of carbonyl (C=O) groups is 2. The van der Waals surface area contributed by atoms with Gasteiger partial charge in [0.2, 0.25) is 11.8 Å². The average molecular weight is 510 g/mol. The van der Waals surface area contributed by atoms with Gasteiger partial charge in [-0.25, -0.2) is 0 Å². The molecule has 3 aromatic rings. The van der Waals surface area contributed by atoms with Crippen molar-refractivity contribution in [2.45, 2.75) is 26.0 Å². The van der Waals surface area contributed by atoms with Crippen LogP contribution in [0.1, 0.15) is 36.1 Å². The number of benzene rings is 2. The summed E-state index contributed by atoms with van der Waals surface area (Å²) in [6.07, 6.45) is 3.12. The fourth-order valence-corrected chi connectivity index (χ4v) is 3.51. The second-order valence-corrected chi connectivity index (χ2v) is 8.19. The first kappa shape index (κ1) is 23.9. The maximum Gasteiger partial charge on any atom is 0.233 e. The van der Waals surface area contributed by atoms with Gasteiger partial charge in [-0.05, 0) is 82.5 Å². The molecule has 0 spiro atoms. The van der Waals surface area contributed by atoms with E-state index < -0.39 is 11.8 Å². The summed E-state index contributed by atoms with van der Waals surface area (Å²) >= 11 is 3.51. The molecule has 1 heterocycles. The standard InChI is InChI=1S/C24H24BrN5O3/c1-15(18-4-7-21(20(25)12-18)33-14-16-8-10-28-11-9-16)29-22(31)13-23(32)30-19-5-2-17(3-6-19)24(26)27/h2-12,15H,13-14H2,1H3,(H3,26,27)(H,29,31)(H,30,32)/t15-/m1/s1. The molecule has 8 nitrogen and oxygen atoms in total. The molecule has 1 atom stereocenters. The molecule has 1 aromatic heterocycles. The van der Waals surface area contributed by atoms with Gasteiger partial charge in [-0.1, -0.05) is 6.07 Å². The number of carbonyl (C=O) groups excluding carboxylic acids is 2. The van der Waals surface area contributed by atoms with Crippen LogP contribution in [0.15, 0.2) is 71.5 Å². The van der Waals surface area contributed by atoms with E-state index in [2.05, 4.69) is 31.5 Å². The zero-order chi connectivity index (χ0) is 23.8. The summed E-state index contributed by atoms with van der Waals surface area (Å²) in [6, 6.07) is 15.6.